The molecule has 13 heteroatoms. The van der Waals surface area contributed by atoms with Crippen LogP contribution in [0, 0.1) is 17.5 Å². The van der Waals surface area contributed by atoms with Crippen molar-refractivity contribution in [2.24, 2.45) is 0 Å². The Morgan fingerprint density at radius 1 is 0.833 bits per heavy atom. The Labute approximate surface area is 198 Å². The van der Waals surface area contributed by atoms with E-state index >= 15 is 0 Å². The van der Waals surface area contributed by atoms with E-state index in [0.717, 1.165) is 55.6 Å². The number of anilines is 1. The quantitative estimate of drug-likeness (QED) is 0.387. The van der Waals surface area contributed by atoms with Gasteiger partial charge in [0.2, 0.25) is 0 Å². The number of carbonyl (C=O) groups is 2. The van der Waals surface area contributed by atoms with Crippen molar-refractivity contribution in [1.82, 2.24) is 5.32 Å². The summed E-state index contributed by atoms with van der Waals surface area (Å²) in [5.41, 5.74) is -2.55. The molecule has 6 nitrogen and oxygen atoms in total. The van der Waals surface area contributed by atoms with Crippen LogP contribution in [0.15, 0.2) is 60.7 Å². The Morgan fingerprint density at radius 3 is 2.08 bits per heavy atom. The summed E-state index contributed by atoms with van der Waals surface area (Å²) < 4.78 is 107. The van der Waals surface area contributed by atoms with Crippen LogP contribution in [-0.4, -0.2) is 25.2 Å². The molecule has 3 rings (SSSR count). The summed E-state index contributed by atoms with van der Waals surface area (Å²) in [5.74, 6) is -11.4. The first kappa shape index (κ1) is 26.3. The van der Waals surface area contributed by atoms with Crippen LogP contribution in [-0.2, 0) is 5.92 Å². The van der Waals surface area contributed by atoms with E-state index in [4.69, 9.17) is 4.74 Å². The van der Waals surface area contributed by atoms with Gasteiger partial charge < -0.3 is 14.8 Å². The predicted octanol–water partition coefficient (Wildman–Crippen LogP) is 5.84. The maximum Gasteiger partial charge on any atom is 0.469 e. The van der Waals surface area contributed by atoms with Crippen LogP contribution in [0.2, 0.25) is 0 Å². The molecule has 0 aromatic heterocycles. The van der Waals surface area contributed by atoms with Crippen LogP contribution in [0.25, 0.3) is 0 Å². The number of carbonyl (C=O) groups excluding carboxylic acids is 2. The van der Waals surface area contributed by atoms with Crippen LogP contribution >= 0.6 is 0 Å². The highest BCUT2D eigenvalue weighted by molar-refractivity contribution is 6.08. The fraction of sp³-hybridized carbons (Fsp3) is 0.130. The van der Waals surface area contributed by atoms with Crippen molar-refractivity contribution in [1.29, 1.82) is 0 Å². The van der Waals surface area contributed by atoms with Crippen molar-refractivity contribution in [3.8, 4) is 11.5 Å². The molecule has 3 amide bonds. The van der Waals surface area contributed by atoms with Crippen LogP contribution in [0.5, 0.6) is 11.5 Å². The minimum atomic E-state index is -5.16. The predicted molar refractivity (Wildman–Crippen MR) is 112 cm³/mol. The standard InChI is InChI=1S/C23H15F7N2O4/c1-35-18-11-14(31-21(34)32-20(33)19-15(25)6-3-7-16(19)26)8-9-17(18)36-23(29,30)22(27,28)12-4-2-5-13(24)10-12/h2-11H,1H3,(H2,31,32,33,34). The highest BCUT2D eigenvalue weighted by Crippen LogP contribution is 2.46. The van der Waals surface area contributed by atoms with Crippen molar-refractivity contribution in [2.45, 2.75) is 12.0 Å². The number of imide groups is 1. The number of amides is 3. The molecule has 3 aromatic rings. The van der Waals surface area contributed by atoms with Gasteiger partial charge in [0.25, 0.3) is 5.91 Å². The van der Waals surface area contributed by atoms with Gasteiger partial charge in [-0.1, -0.05) is 18.2 Å². The monoisotopic (exact) mass is 516 g/mol. The number of hydrogen-bond acceptors (Lipinski definition) is 4. The molecule has 2 N–H and O–H groups in total. The third-order valence-corrected chi connectivity index (χ3v) is 4.63. The molecule has 190 valence electrons. The number of methoxy groups -OCH3 is 1. The molecular weight excluding hydrogens is 501 g/mol. The van der Waals surface area contributed by atoms with Gasteiger partial charge in [-0.25, -0.2) is 18.0 Å². The first-order chi connectivity index (χ1) is 16.9. The summed E-state index contributed by atoms with van der Waals surface area (Å²) in [6, 6.07) is 6.36. The molecule has 0 aliphatic carbocycles. The van der Waals surface area contributed by atoms with Crippen molar-refractivity contribution in [3.63, 3.8) is 0 Å². The lowest BCUT2D eigenvalue weighted by Gasteiger charge is -2.27. The molecule has 0 radical (unpaired) electrons. The number of halogens is 7. The number of benzene rings is 3. The number of urea groups is 1. The van der Waals surface area contributed by atoms with E-state index in [-0.39, 0.29) is 11.8 Å². The van der Waals surface area contributed by atoms with Crippen molar-refractivity contribution < 1.29 is 49.8 Å². The Hall–Kier alpha value is -4.29. The lowest BCUT2D eigenvalue weighted by molar-refractivity contribution is -0.316. The van der Waals surface area contributed by atoms with E-state index in [1.54, 1.807) is 5.32 Å². The smallest absolute Gasteiger partial charge is 0.469 e. The first-order valence-electron chi connectivity index (χ1n) is 9.81. The van der Waals surface area contributed by atoms with Crippen molar-refractivity contribution in [2.75, 3.05) is 12.4 Å². The van der Waals surface area contributed by atoms with Gasteiger partial charge in [-0.3, -0.25) is 10.1 Å². The topological polar surface area (TPSA) is 76.7 Å². The molecule has 36 heavy (non-hydrogen) atoms. The summed E-state index contributed by atoms with van der Waals surface area (Å²) >= 11 is 0. The van der Waals surface area contributed by atoms with Gasteiger partial charge in [-0.2, -0.15) is 17.6 Å². The van der Waals surface area contributed by atoms with Crippen molar-refractivity contribution in [3.05, 3.63) is 89.2 Å². The Balaban J connectivity index is 1.76. The van der Waals surface area contributed by atoms with E-state index in [0.29, 0.717) is 6.07 Å². The molecule has 3 aromatic carbocycles. The lowest BCUT2D eigenvalue weighted by atomic mass is 10.1. The zero-order chi connectivity index (χ0) is 26.7. The fourth-order valence-corrected chi connectivity index (χ4v) is 2.93. The molecule has 0 fully saturated rings. The number of hydrogen-bond donors (Lipinski definition) is 2. The van der Waals surface area contributed by atoms with Gasteiger partial charge in [0, 0.05) is 17.3 Å². The van der Waals surface area contributed by atoms with Gasteiger partial charge in [-0.05, 0) is 36.4 Å². The lowest BCUT2D eigenvalue weighted by Crippen LogP contribution is -2.43. The van der Waals surface area contributed by atoms with E-state index in [1.807, 2.05) is 0 Å². The average molecular weight is 516 g/mol. The largest absolute Gasteiger partial charge is 0.493 e. The number of ether oxygens (including phenoxy) is 2. The normalized spacial score (nSPS) is 11.6. The van der Waals surface area contributed by atoms with Gasteiger partial charge in [-0.15, -0.1) is 0 Å². The summed E-state index contributed by atoms with van der Waals surface area (Å²) in [6.45, 7) is 0. The molecule has 0 aliphatic rings. The maximum atomic E-state index is 14.4. The van der Waals surface area contributed by atoms with Gasteiger partial charge in [0.05, 0.1) is 7.11 Å². The maximum absolute atomic E-state index is 14.4. The molecule has 0 unspecified atom stereocenters. The van der Waals surface area contributed by atoms with E-state index in [9.17, 15) is 40.3 Å². The second-order valence-corrected chi connectivity index (χ2v) is 7.07. The van der Waals surface area contributed by atoms with Crippen LogP contribution in [0.4, 0.5) is 41.2 Å². The second-order valence-electron chi connectivity index (χ2n) is 7.07. The first-order valence-corrected chi connectivity index (χ1v) is 9.81. The summed E-state index contributed by atoms with van der Waals surface area (Å²) in [7, 11) is 0.986. The fourth-order valence-electron chi connectivity index (χ4n) is 2.93. The zero-order valence-corrected chi connectivity index (χ0v) is 18.1. The highest BCUT2D eigenvalue weighted by atomic mass is 19.3. The van der Waals surface area contributed by atoms with Crippen LogP contribution in [0.1, 0.15) is 15.9 Å². The Kier molecular flexibility index (Phi) is 7.41. The molecule has 0 bridgehead atoms. The summed E-state index contributed by atoms with van der Waals surface area (Å²) in [5, 5.41) is 3.75. The second kappa shape index (κ2) is 10.1. The highest BCUT2D eigenvalue weighted by Gasteiger charge is 2.61. The minimum Gasteiger partial charge on any atom is -0.493 e. The summed E-state index contributed by atoms with van der Waals surface area (Å²) in [4.78, 5) is 24.0. The van der Waals surface area contributed by atoms with Crippen LogP contribution in [0.3, 0.4) is 0 Å². The van der Waals surface area contributed by atoms with E-state index in [2.05, 4.69) is 10.1 Å². The van der Waals surface area contributed by atoms with Gasteiger partial charge >= 0.3 is 18.1 Å². The zero-order valence-electron chi connectivity index (χ0n) is 18.1. The van der Waals surface area contributed by atoms with E-state index < -0.39 is 64.0 Å². The van der Waals surface area contributed by atoms with Gasteiger partial charge in [0.15, 0.2) is 11.5 Å². The van der Waals surface area contributed by atoms with E-state index in [1.165, 1.54) is 0 Å². The molecule has 0 saturated carbocycles. The van der Waals surface area contributed by atoms with Crippen molar-refractivity contribution >= 4 is 17.6 Å². The average Bonchev–Trinajstić information content (AvgIpc) is 2.79. The molecule has 0 spiro atoms. The molecule has 0 aliphatic heterocycles. The third-order valence-electron chi connectivity index (χ3n) is 4.63. The molecular formula is C23H15F7N2O4. The molecule has 0 atom stereocenters. The van der Waals surface area contributed by atoms with Gasteiger partial charge in [0.1, 0.15) is 23.0 Å². The Bertz CT molecular complexity index is 1280. The van der Waals surface area contributed by atoms with Crippen LogP contribution < -0.4 is 20.1 Å². The minimum absolute atomic E-state index is 0.196. The number of alkyl halides is 4. The number of nitrogens with one attached hydrogen (secondary N) is 2. The summed E-state index contributed by atoms with van der Waals surface area (Å²) in [6.07, 6.45) is -5.16. The molecule has 0 heterocycles. The SMILES string of the molecule is COc1cc(NC(=O)NC(=O)c2c(F)cccc2F)ccc1OC(F)(F)C(F)(F)c1cccc(F)c1. The molecule has 0 saturated heterocycles. The Morgan fingerprint density at radius 2 is 1.47 bits per heavy atom. The third kappa shape index (κ3) is 5.50. The number of rotatable bonds is 7.